The maximum absolute atomic E-state index is 2.33. The van der Waals surface area contributed by atoms with E-state index in [1.165, 1.54) is 66.8 Å². The van der Waals surface area contributed by atoms with Crippen molar-refractivity contribution in [1.29, 1.82) is 0 Å². The van der Waals surface area contributed by atoms with E-state index in [-0.39, 0.29) is 5.41 Å². The average Bonchev–Trinajstić information content (AvgIpc) is 2.83. The highest BCUT2D eigenvalue weighted by Gasteiger charge is 2.22. The van der Waals surface area contributed by atoms with E-state index in [2.05, 4.69) is 142 Å². The molecule has 0 aromatic heterocycles. The molecule has 0 aliphatic heterocycles. The van der Waals surface area contributed by atoms with Gasteiger partial charge in [-0.2, -0.15) is 0 Å². The van der Waals surface area contributed by atoms with Crippen molar-refractivity contribution < 1.29 is 0 Å². The normalized spacial score (nSPS) is 11.2. The predicted octanol–water partition coefficient (Wildman–Crippen LogP) is 10.1. The first-order chi connectivity index (χ1) is 16.9. The van der Waals surface area contributed by atoms with Crippen LogP contribution in [0, 0.1) is 48.5 Å². The van der Waals surface area contributed by atoms with Gasteiger partial charge in [-0.25, -0.2) is 0 Å². The molecule has 0 N–H and O–H groups in total. The fourth-order valence-corrected chi connectivity index (χ4v) is 5.03. The summed E-state index contributed by atoms with van der Waals surface area (Å²) in [5, 5.41) is 0. The molecule has 0 heteroatoms. The second kappa shape index (κ2) is 11.3. The summed E-state index contributed by atoms with van der Waals surface area (Å²) < 4.78 is 0. The minimum atomic E-state index is 0.0708. The first-order valence-electron chi connectivity index (χ1n) is 13.3. The average molecular weight is 477 g/mol. The molecule has 0 nitrogen and oxygen atoms in total. The number of rotatable bonds is 4. The Morgan fingerprint density at radius 2 is 0.833 bits per heavy atom. The van der Waals surface area contributed by atoms with Gasteiger partial charge in [0.1, 0.15) is 0 Å². The van der Waals surface area contributed by atoms with Crippen molar-refractivity contribution in [2.24, 2.45) is 0 Å². The van der Waals surface area contributed by atoms with Crippen LogP contribution in [0.4, 0.5) is 0 Å². The van der Waals surface area contributed by atoms with Crippen LogP contribution in [0.3, 0.4) is 0 Å². The Morgan fingerprint density at radius 1 is 0.500 bits per heavy atom. The minimum absolute atomic E-state index is 0.0708. The summed E-state index contributed by atoms with van der Waals surface area (Å²) in [4.78, 5) is 0. The van der Waals surface area contributed by atoms with E-state index in [0.29, 0.717) is 0 Å². The molecule has 0 bridgehead atoms. The summed E-state index contributed by atoms with van der Waals surface area (Å²) in [6, 6.07) is 26.9. The van der Waals surface area contributed by atoms with Crippen molar-refractivity contribution in [3.63, 3.8) is 0 Å². The van der Waals surface area contributed by atoms with Crippen LogP contribution in [0.1, 0.15) is 76.4 Å². The van der Waals surface area contributed by atoms with Crippen molar-refractivity contribution in [2.45, 2.75) is 81.1 Å². The third kappa shape index (κ3) is 6.16. The number of aryl methyl sites for hydroxylation is 6. The van der Waals surface area contributed by atoms with Gasteiger partial charge in [-0.15, -0.1) is 0 Å². The lowest BCUT2D eigenvalue weighted by Crippen LogP contribution is -2.18. The van der Waals surface area contributed by atoms with E-state index in [1.54, 1.807) is 0 Å². The molecule has 4 aromatic carbocycles. The number of hydrogen-bond acceptors (Lipinski definition) is 0. The lowest BCUT2D eigenvalue weighted by molar-refractivity contribution is 0.640. The SMILES string of the molecule is CCc1c(C)cc(-c2cc(C)c(C)c(C)c2)cc1C.Cc1ccc(C(C)(C)c2ccc(C)cc2)cc1. The number of benzene rings is 4. The second-order valence-electron chi connectivity index (χ2n) is 11.0. The lowest BCUT2D eigenvalue weighted by atomic mass is 9.78. The van der Waals surface area contributed by atoms with Gasteiger partial charge in [0.2, 0.25) is 0 Å². The summed E-state index contributed by atoms with van der Waals surface area (Å²) in [5.41, 5.74) is 16.6. The topological polar surface area (TPSA) is 0 Å². The first kappa shape index (κ1) is 27.5. The Bertz CT molecular complexity index is 1220. The fourth-order valence-electron chi connectivity index (χ4n) is 5.03. The Balaban J connectivity index is 0.000000202. The van der Waals surface area contributed by atoms with Gasteiger partial charge in [-0.3, -0.25) is 0 Å². The van der Waals surface area contributed by atoms with Crippen molar-refractivity contribution in [3.05, 3.63) is 128 Å². The Labute approximate surface area is 220 Å². The second-order valence-corrected chi connectivity index (χ2v) is 11.0. The Morgan fingerprint density at radius 3 is 1.17 bits per heavy atom. The van der Waals surface area contributed by atoms with E-state index in [1.807, 2.05) is 0 Å². The van der Waals surface area contributed by atoms with Crippen LogP contribution in [0.25, 0.3) is 11.1 Å². The predicted molar refractivity (Wildman–Crippen MR) is 159 cm³/mol. The van der Waals surface area contributed by atoms with Gasteiger partial charge in [0, 0.05) is 5.41 Å². The van der Waals surface area contributed by atoms with Crippen molar-refractivity contribution >= 4 is 0 Å². The highest BCUT2D eigenvalue weighted by molar-refractivity contribution is 5.68. The molecule has 0 unspecified atom stereocenters. The van der Waals surface area contributed by atoms with Crippen molar-refractivity contribution in [3.8, 4) is 11.1 Å². The quantitative estimate of drug-likeness (QED) is 0.275. The zero-order valence-corrected chi connectivity index (χ0v) is 24.1. The molecule has 0 atom stereocenters. The lowest BCUT2D eigenvalue weighted by Gasteiger charge is -2.26. The molecular formula is C36H44. The molecule has 0 saturated heterocycles. The monoisotopic (exact) mass is 476 g/mol. The molecule has 0 spiro atoms. The fraction of sp³-hybridized carbons (Fsp3) is 0.333. The maximum atomic E-state index is 2.33. The molecule has 4 rings (SSSR count). The van der Waals surface area contributed by atoms with Crippen LogP contribution in [-0.4, -0.2) is 0 Å². The van der Waals surface area contributed by atoms with Crippen molar-refractivity contribution in [2.75, 3.05) is 0 Å². The van der Waals surface area contributed by atoms with Crippen molar-refractivity contribution in [1.82, 2.24) is 0 Å². The minimum Gasteiger partial charge on any atom is -0.0613 e. The van der Waals surface area contributed by atoms with Gasteiger partial charge < -0.3 is 0 Å². The number of hydrogen-bond donors (Lipinski definition) is 0. The van der Waals surface area contributed by atoms with Crippen LogP contribution < -0.4 is 0 Å². The molecule has 0 radical (unpaired) electrons. The zero-order chi connectivity index (χ0) is 26.6. The van der Waals surface area contributed by atoms with Gasteiger partial charge in [-0.05, 0) is 111 Å². The molecule has 0 aliphatic carbocycles. The Hall–Kier alpha value is -3.12. The van der Waals surface area contributed by atoms with E-state index in [9.17, 15) is 0 Å². The molecule has 4 aromatic rings. The van der Waals surface area contributed by atoms with Crippen LogP contribution in [-0.2, 0) is 11.8 Å². The summed E-state index contributed by atoms with van der Waals surface area (Å²) in [6.45, 7) is 22.1. The van der Waals surface area contributed by atoms with Gasteiger partial charge in [-0.1, -0.05) is 105 Å². The van der Waals surface area contributed by atoms with Crippen LogP contribution in [0.15, 0.2) is 72.8 Å². The third-order valence-corrected chi connectivity index (χ3v) is 7.86. The molecule has 0 amide bonds. The standard InChI is InChI=1S/C19H24.C17H20/c1-7-19-14(4)10-18(11-15(19)5)17-8-12(2)16(6)13(3)9-17;1-13-5-9-15(10-6-13)17(3,4)16-11-7-14(2)8-12-16/h8-11H,7H2,1-6H3;5-12H,1-4H3. The Kier molecular flexibility index (Phi) is 8.62. The van der Waals surface area contributed by atoms with E-state index in [4.69, 9.17) is 0 Å². The molecule has 0 heterocycles. The summed E-state index contributed by atoms with van der Waals surface area (Å²) in [6.07, 6.45) is 1.11. The molecule has 36 heavy (non-hydrogen) atoms. The highest BCUT2D eigenvalue weighted by atomic mass is 14.3. The van der Waals surface area contributed by atoms with Crippen LogP contribution in [0.5, 0.6) is 0 Å². The highest BCUT2D eigenvalue weighted by Crippen LogP contribution is 2.32. The zero-order valence-electron chi connectivity index (χ0n) is 24.1. The molecule has 0 fully saturated rings. The van der Waals surface area contributed by atoms with E-state index in [0.717, 1.165) is 6.42 Å². The molecular weight excluding hydrogens is 432 g/mol. The van der Waals surface area contributed by atoms with E-state index >= 15 is 0 Å². The molecule has 188 valence electrons. The van der Waals surface area contributed by atoms with Crippen LogP contribution in [0.2, 0.25) is 0 Å². The van der Waals surface area contributed by atoms with Gasteiger partial charge in [0.25, 0.3) is 0 Å². The first-order valence-corrected chi connectivity index (χ1v) is 13.3. The molecule has 0 saturated carbocycles. The largest absolute Gasteiger partial charge is 0.0613 e. The smallest absolute Gasteiger partial charge is 0.0146 e. The van der Waals surface area contributed by atoms with Gasteiger partial charge in [0.05, 0.1) is 0 Å². The van der Waals surface area contributed by atoms with Gasteiger partial charge in [0.15, 0.2) is 0 Å². The van der Waals surface area contributed by atoms with E-state index < -0.39 is 0 Å². The summed E-state index contributed by atoms with van der Waals surface area (Å²) in [7, 11) is 0. The molecule has 0 aliphatic rings. The summed E-state index contributed by atoms with van der Waals surface area (Å²) >= 11 is 0. The third-order valence-electron chi connectivity index (χ3n) is 7.86. The van der Waals surface area contributed by atoms with Gasteiger partial charge >= 0.3 is 0 Å². The summed E-state index contributed by atoms with van der Waals surface area (Å²) in [5.74, 6) is 0. The van der Waals surface area contributed by atoms with Crippen LogP contribution >= 0.6 is 0 Å². The maximum Gasteiger partial charge on any atom is 0.0146 e.